The number of carbonyl (C=O) groups is 12. The van der Waals surface area contributed by atoms with Crippen LogP contribution in [0.4, 0.5) is 13.2 Å². The Hall–Kier alpha value is -6.91. The second-order valence-electron chi connectivity index (χ2n) is 26.5. The first-order valence-electron chi connectivity index (χ1n) is 31.5. The fourth-order valence-electron chi connectivity index (χ4n) is 10.4. The molecule has 0 heterocycles. The molecule has 0 radical (unpaired) electrons. The molecule has 0 aromatic carbocycles. The zero-order valence-corrected chi connectivity index (χ0v) is 58.5. The van der Waals surface area contributed by atoms with Gasteiger partial charge in [-0.2, -0.15) is 0 Å². The molecule has 0 aliphatic carbocycles. The van der Waals surface area contributed by atoms with Crippen molar-refractivity contribution in [3.05, 3.63) is 12.2 Å². The number of carboxylic acid groups (broad SMARTS) is 1. The highest BCUT2D eigenvalue weighted by atomic mass is 19.4. The van der Waals surface area contributed by atoms with Crippen molar-refractivity contribution in [1.29, 1.82) is 0 Å². The van der Waals surface area contributed by atoms with E-state index in [1.165, 1.54) is 84.8 Å². The molecule has 0 aliphatic rings. The Bertz CT molecular complexity index is 2530. The molecule has 0 spiro atoms. The van der Waals surface area contributed by atoms with Crippen molar-refractivity contribution < 1.29 is 85.7 Å². The van der Waals surface area contributed by atoms with E-state index >= 15 is 0 Å². The topological polar surface area (TPSA) is 334 Å². The number of hydrogen-bond donors (Lipinski definition) is 7. The molecule has 0 saturated carbocycles. The molecular weight excluding hydrogens is 1210 g/mol. The third kappa shape index (κ3) is 27.0. The van der Waals surface area contributed by atoms with Gasteiger partial charge in [0.25, 0.3) is 0 Å². The maximum absolute atomic E-state index is 14.6. The quantitative estimate of drug-likeness (QED) is 0.0345. The SMILES string of the molecule is CCC(NC(=O)C(NC)[C@H](O)[C@H](C)C/C=C/C(=O)OC(F)(F)F)C(=O)N(C)CC(=O)N(C)[C@@H](CC(C)C)C(=O)N[C@H](C(=O)N(C)[C@@H](CC(C)C)C(=O)N[C@H](C)C(=O)N[C@H](C)C(=O)N(C)[C@@H](CC(C)C)C(=O)N(C)[C@@H](CC(C)C)C(=O)N(C)[C@H](C(=O)O)C(C)C)C(C)C. The van der Waals surface area contributed by atoms with E-state index in [9.17, 15) is 80.9 Å². The van der Waals surface area contributed by atoms with Crippen molar-refractivity contribution >= 4 is 71.0 Å². The van der Waals surface area contributed by atoms with Gasteiger partial charge in [0.2, 0.25) is 59.1 Å². The van der Waals surface area contributed by atoms with E-state index in [0.29, 0.717) is 6.08 Å². The van der Waals surface area contributed by atoms with Crippen LogP contribution >= 0.6 is 0 Å². The Labute approximate surface area is 542 Å². The van der Waals surface area contributed by atoms with E-state index in [1.807, 2.05) is 55.4 Å². The molecule has 528 valence electrons. The number of likely N-dealkylation sites (N-methyl/N-ethyl adjacent to an activating group) is 7. The average Bonchev–Trinajstić information content (AvgIpc) is 0.830. The molecule has 10 amide bonds. The van der Waals surface area contributed by atoms with E-state index in [4.69, 9.17) is 0 Å². The summed E-state index contributed by atoms with van der Waals surface area (Å²) in [6, 6.07) is -12.0. The normalized spacial score (nSPS) is 15.8. The molecule has 26 nitrogen and oxygen atoms in total. The van der Waals surface area contributed by atoms with Crippen LogP contribution in [0.2, 0.25) is 0 Å². The number of allylic oxidation sites excluding steroid dienone is 1. The molecule has 0 fully saturated rings. The Balaban J connectivity index is 6.47. The number of amides is 10. The molecule has 2 unspecified atom stereocenters. The smallest absolute Gasteiger partial charge is 0.480 e. The Kier molecular flexibility index (Phi) is 36.0. The van der Waals surface area contributed by atoms with Gasteiger partial charge >= 0.3 is 18.3 Å². The maximum Gasteiger partial charge on any atom is 0.575 e. The number of nitrogens with one attached hydrogen (secondary N) is 5. The third-order valence-corrected chi connectivity index (χ3v) is 15.9. The van der Waals surface area contributed by atoms with Crippen LogP contribution < -0.4 is 26.6 Å². The number of hydrogen-bond acceptors (Lipinski definition) is 15. The molecular formula is C63H110F3N11O15. The first kappa shape index (κ1) is 85.1. The number of aliphatic carboxylic acids is 1. The predicted octanol–water partition coefficient (Wildman–Crippen LogP) is 3.14. The molecule has 7 N–H and O–H groups in total. The lowest BCUT2D eigenvalue weighted by atomic mass is 9.93. The van der Waals surface area contributed by atoms with Crippen LogP contribution in [0.1, 0.15) is 149 Å². The van der Waals surface area contributed by atoms with Crippen LogP contribution in [0.25, 0.3) is 0 Å². The molecule has 0 saturated heterocycles. The second kappa shape index (κ2) is 38.9. The minimum absolute atomic E-state index is 0.0335. The van der Waals surface area contributed by atoms with E-state index in [1.54, 1.807) is 34.6 Å². The third-order valence-electron chi connectivity index (χ3n) is 15.9. The monoisotopic (exact) mass is 1320 g/mol. The first-order chi connectivity index (χ1) is 42.2. The van der Waals surface area contributed by atoms with Gasteiger partial charge in [0.05, 0.1) is 12.6 Å². The molecule has 0 aromatic rings. The number of halogens is 3. The highest BCUT2D eigenvalue weighted by molar-refractivity contribution is 5.98. The van der Waals surface area contributed by atoms with Crippen molar-refractivity contribution in [2.75, 3.05) is 55.9 Å². The van der Waals surface area contributed by atoms with Crippen LogP contribution in [-0.4, -0.2) is 239 Å². The van der Waals surface area contributed by atoms with Gasteiger partial charge < -0.3 is 70.9 Å². The number of ether oxygens (including phenoxy) is 1. The lowest BCUT2D eigenvalue weighted by Crippen LogP contribution is -2.61. The largest absolute Gasteiger partial charge is 0.575 e. The lowest BCUT2D eigenvalue weighted by molar-refractivity contribution is -0.303. The molecule has 0 rings (SSSR count). The van der Waals surface area contributed by atoms with Crippen molar-refractivity contribution in [3.63, 3.8) is 0 Å². The number of rotatable bonds is 38. The Morgan fingerprint density at radius 1 is 0.500 bits per heavy atom. The summed E-state index contributed by atoms with van der Waals surface area (Å²) in [4.78, 5) is 172. The molecule has 92 heavy (non-hydrogen) atoms. The molecule has 29 heteroatoms. The number of alkyl halides is 3. The zero-order chi connectivity index (χ0) is 71.9. The number of carbonyl (C=O) groups excluding carboxylic acids is 11. The molecule has 0 aliphatic heterocycles. The summed E-state index contributed by atoms with van der Waals surface area (Å²) in [6.45, 7) is 26.7. The highest BCUT2D eigenvalue weighted by Crippen LogP contribution is 2.24. The van der Waals surface area contributed by atoms with Crippen LogP contribution in [0.15, 0.2) is 12.2 Å². The Morgan fingerprint density at radius 2 is 0.924 bits per heavy atom. The van der Waals surface area contributed by atoms with Gasteiger partial charge in [0.1, 0.15) is 60.4 Å². The molecule has 0 aromatic heterocycles. The number of nitrogens with zero attached hydrogens (tertiary/aromatic N) is 6. The number of aliphatic hydroxyl groups is 1. The molecule has 0 bridgehead atoms. The van der Waals surface area contributed by atoms with Crippen molar-refractivity contribution in [2.24, 2.45) is 41.4 Å². The average molecular weight is 1320 g/mol. The summed E-state index contributed by atoms with van der Waals surface area (Å²) in [5.41, 5.74) is 0. The van der Waals surface area contributed by atoms with Gasteiger partial charge in [-0.25, -0.2) is 9.59 Å². The summed E-state index contributed by atoms with van der Waals surface area (Å²) in [5, 5.41) is 34.2. The first-order valence-corrected chi connectivity index (χ1v) is 31.5. The van der Waals surface area contributed by atoms with Gasteiger partial charge in [-0.15, -0.1) is 13.2 Å². The van der Waals surface area contributed by atoms with Gasteiger partial charge in [-0.3, -0.25) is 47.9 Å². The predicted molar refractivity (Wildman–Crippen MR) is 339 cm³/mol. The van der Waals surface area contributed by atoms with E-state index in [0.717, 1.165) is 20.8 Å². The Morgan fingerprint density at radius 3 is 1.35 bits per heavy atom. The number of esters is 1. The standard InChI is InChI=1S/C63H110F3N11O15/c1-24-42(70-56(84)50(67-17)52(80)39(14)26-25-27-48(79)92-63(64,65)66)58(86)72(18)32-47(78)73(19)43(28-33(2)3)55(83)71-49(37(10)11)61(89)74(20)44(29-34(4)5)54(82)68-40(15)53(81)69-41(16)57(85)75(21)45(30-35(6)7)59(87)76(22)46(31-36(8)9)60(88)77(23)51(38(12)13)62(90)91/h25,27,33-46,49-52,67,80H,24,26,28-32H2,1-23H3,(H,68,82)(H,69,81)(H,70,84)(H,71,83)(H,90,91)/b27-25+/t39-,40-,41-,42?,43+,44+,45+,46+,49+,50?,51+,52-/m1/s1. The van der Waals surface area contributed by atoms with E-state index in [-0.39, 0.29) is 62.2 Å². The lowest BCUT2D eigenvalue weighted by Gasteiger charge is -2.39. The van der Waals surface area contributed by atoms with E-state index < -0.39 is 168 Å². The minimum Gasteiger partial charge on any atom is -0.480 e. The second-order valence-corrected chi connectivity index (χ2v) is 26.5. The number of aliphatic hydroxyl groups excluding tert-OH is 1. The fraction of sp³-hybridized carbons (Fsp3) is 0.778. The summed E-state index contributed by atoms with van der Waals surface area (Å²) < 4.78 is 40.4. The van der Waals surface area contributed by atoms with Crippen molar-refractivity contribution in [2.45, 2.75) is 222 Å². The van der Waals surface area contributed by atoms with Gasteiger partial charge in [0, 0.05) is 48.4 Å². The van der Waals surface area contributed by atoms with Gasteiger partial charge in [0.15, 0.2) is 0 Å². The summed E-state index contributed by atoms with van der Waals surface area (Å²) >= 11 is 0. The summed E-state index contributed by atoms with van der Waals surface area (Å²) in [7, 11) is 9.66. The number of carboxylic acids is 1. The molecule has 12 atom stereocenters. The van der Waals surface area contributed by atoms with Crippen LogP contribution in [-0.2, 0) is 62.3 Å². The highest BCUT2D eigenvalue weighted by Gasteiger charge is 2.43. The van der Waals surface area contributed by atoms with Crippen LogP contribution in [0, 0.1) is 41.4 Å². The van der Waals surface area contributed by atoms with Gasteiger partial charge in [-0.1, -0.05) is 103 Å². The maximum atomic E-state index is 14.6. The van der Waals surface area contributed by atoms with Crippen LogP contribution in [0.5, 0.6) is 0 Å². The summed E-state index contributed by atoms with van der Waals surface area (Å²) in [6.07, 6.45) is -4.57. The van der Waals surface area contributed by atoms with Crippen LogP contribution in [0.3, 0.4) is 0 Å². The fourth-order valence-corrected chi connectivity index (χ4v) is 10.4. The van der Waals surface area contributed by atoms with Gasteiger partial charge in [-0.05, 0) is 101 Å². The summed E-state index contributed by atoms with van der Waals surface area (Å²) in [5.74, 6) is -12.2. The zero-order valence-electron chi connectivity index (χ0n) is 58.5. The van der Waals surface area contributed by atoms with E-state index in [2.05, 4.69) is 31.3 Å². The minimum atomic E-state index is -5.19. The van der Waals surface area contributed by atoms with Crippen molar-refractivity contribution in [3.8, 4) is 0 Å². The van der Waals surface area contributed by atoms with Crippen molar-refractivity contribution in [1.82, 2.24) is 56.0 Å².